The molecule has 1 aliphatic heterocycles. The zero-order valence-corrected chi connectivity index (χ0v) is 10.2. The fourth-order valence-electron chi connectivity index (χ4n) is 2.49. The third kappa shape index (κ3) is 1.84. The third-order valence-corrected chi connectivity index (χ3v) is 3.35. The molecule has 1 aromatic carbocycles. The molecule has 2 atom stereocenters. The van der Waals surface area contributed by atoms with E-state index in [4.69, 9.17) is 4.74 Å². The van der Waals surface area contributed by atoms with Crippen LogP contribution in [0.15, 0.2) is 42.9 Å². The van der Waals surface area contributed by atoms with Gasteiger partial charge in [0.05, 0.1) is 18.3 Å². The van der Waals surface area contributed by atoms with Crippen molar-refractivity contribution in [3.8, 4) is 5.75 Å². The fourth-order valence-corrected chi connectivity index (χ4v) is 2.49. The van der Waals surface area contributed by atoms with Gasteiger partial charge in [0.15, 0.2) is 0 Å². The highest BCUT2D eigenvalue weighted by Gasteiger charge is 2.32. The fraction of sp³-hybridized carbons (Fsp3) is 0.286. The van der Waals surface area contributed by atoms with Crippen LogP contribution in [0.25, 0.3) is 0 Å². The molecule has 0 spiro atoms. The maximum absolute atomic E-state index is 5.73. The van der Waals surface area contributed by atoms with Crippen molar-refractivity contribution in [1.29, 1.82) is 0 Å². The third-order valence-electron chi connectivity index (χ3n) is 3.35. The van der Waals surface area contributed by atoms with E-state index in [0.717, 1.165) is 11.4 Å². The monoisotopic (exact) mass is 241 g/mol. The van der Waals surface area contributed by atoms with E-state index in [1.807, 2.05) is 31.4 Å². The van der Waals surface area contributed by atoms with Gasteiger partial charge in [0.2, 0.25) is 0 Å². The number of likely N-dealkylation sites (N-methyl/N-ethyl adjacent to an activating group) is 1. The lowest BCUT2D eigenvalue weighted by atomic mass is 9.91. The van der Waals surface area contributed by atoms with E-state index in [-0.39, 0.29) is 12.0 Å². The molecule has 1 aliphatic rings. The van der Waals surface area contributed by atoms with E-state index in [2.05, 4.69) is 21.4 Å². The summed E-state index contributed by atoms with van der Waals surface area (Å²) in [6, 6.07) is 8.30. The summed E-state index contributed by atoms with van der Waals surface area (Å²) in [6.45, 7) is 0.682. The lowest BCUT2D eigenvalue weighted by Gasteiger charge is -2.21. The molecule has 0 radical (unpaired) electrons. The van der Waals surface area contributed by atoms with Gasteiger partial charge in [-0.05, 0) is 13.1 Å². The maximum Gasteiger partial charge on any atom is 0.122 e. The average molecular weight is 241 g/mol. The van der Waals surface area contributed by atoms with E-state index in [1.165, 1.54) is 5.56 Å². The van der Waals surface area contributed by atoms with Crippen LogP contribution in [0.4, 0.5) is 0 Å². The summed E-state index contributed by atoms with van der Waals surface area (Å²) in [5.41, 5.74) is 2.19. The van der Waals surface area contributed by atoms with Gasteiger partial charge in [-0.15, -0.1) is 0 Å². The summed E-state index contributed by atoms with van der Waals surface area (Å²) in [5, 5.41) is 3.32. The minimum atomic E-state index is 0.127. The highest BCUT2D eigenvalue weighted by molar-refractivity contribution is 5.41. The predicted molar refractivity (Wildman–Crippen MR) is 68.5 cm³/mol. The molecule has 2 unspecified atom stereocenters. The molecule has 1 N–H and O–H groups in total. The lowest BCUT2D eigenvalue weighted by molar-refractivity contribution is 0.302. The van der Waals surface area contributed by atoms with Crippen molar-refractivity contribution < 1.29 is 4.74 Å². The van der Waals surface area contributed by atoms with Crippen LogP contribution in [0.2, 0.25) is 0 Å². The van der Waals surface area contributed by atoms with Gasteiger partial charge in [-0.1, -0.05) is 18.2 Å². The Kier molecular flexibility index (Phi) is 2.94. The first-order valence-corrected chi connectivity index (χ1v) is 6.05. The smallest absolute Gasteiger partial charge is 0.122 e. The van der Waals surface area contributed by atoms with Gasteiger partial charge >= 0.3 is 0 Å². The Balaban J connectivity index is 1.95. The van der Waals surface area contributed by atoms with Crippen LogP contribution in [0.5, 0.6) is 5.75 Å². The molecule has 2 aromatic rings. The van der Waals surface area contributed by atoms with Crippen molar-refractivity contribution >= 4 is 0 Å². The van der Waals surface area contributed by atoms with Gasteiger partial charge in [-0.2, -0.15) is 0 Å². The Hall–Kier alpha value is -1.94. The molecule has 2 heterocycles. The van der Waals surface area contributed by atoms with Crippen molar-refractivity contribution in [2.75, 3.05) is 13.7 Å². The summed E-state index contributed by atoms with van der Waals surface area (Å²) < 4.78 is 5.73. The first-order valence-electron chi connectivity index (χ1n) is 6.05. The second-order valence-corrected chi connectivity index (χ2v) is 4.35. The largest absolute Gasteiger partial charge is 0.493 e. The topological polar surface area (TPSA) is 47.0 Å². The first-order chi connectivity index (χ1) is 8.90. The van der Waals surface area contributed by atoms with Gasteiger partial charge < -0.3 is 10.1 Å². The minimum absolute atomic E-state index is 0.127. The number of nitrogens with one attached hydrogen (secondary N) is 1. The number of fused-ring (bicyclic) bond motifs is 1. The number of nitrogens with zero attached hydrogens (tertiary/aromatic N) is 2. The average Bonchev–Trinajstić information content (AvgIpc) is 2.85. The number of benzene rings is 1. The van der Waals surface area contributed by atoms with Crippen LogP contribution in [0.1, 0.15) is 23.2 Å². The van der Waals surface area contributed by atoms with Crippen molar-refractivity contribution in [2.24, 2.45) is 0 Å². The molecule has 0 aliphatic carbocycles. The molecule has 0 bridgehead atoms. The number of hydrogen-bond acceptors (Lipinski definition) is 4. The highest BCUT2D eigenvalue weighted by atomic mass is 16.5. The molecule has 4 heteroatoms. The standard InChI is InChI=1S/C14H15N3O/c1-15-14(12-8-16-6-7-17-12)11-9-18-13-5-3-2-4-10(11)13/h2-8,11,14-15H,9H2,1H3. The number of para-hydroxylation sites is 1. The number of ether oxygens (including phenoxy) is 1. The first kappa shape index (κ1) is 11.2. The molecule has 18 heavy (non-hydrogen) atoms. The summed E-state index contributed by atoms with van der Waals surface area (Å²) in [7, 11) is 1.94. The Morgan fingerprint density at radius 2 is 2.22 bits per heavy atom. The van der Waals surface area contributed by atoms with Crippen molar-refractivity contribution in [3.05, 3.63) is 54.1 Å². The van der Waals surface area contributed by atoms with Crippen LogP contribution in [0, 0.1) is 0 Å². The molecule has 0 saturated carbocycles. The van der Waals surface area contributed by atoms with Gasteiger partial charge in [-0.3, -0.25) is 9.97 Å². The van der Waals surface area contributed by atoms with Crippen molar-refractivity contribution in [3.63, 3.8) is 0 Å². The van der Waals surface area contributed by atoms with Crippen molar-refractivity contribution in [2.45, 2.75) is 12.0 Å². The lowest BCUT2D eigenvalue weighted by Crippen LogP contribution is -2.25. The van der Waals surface area contributed by atoms with Crippen LogP contribution < -0.4 is 10.1 Å². The molecule has 3 rings (SSSR count). The Morgan fingerprint density at radius 1 is 1.33 bits per heavy atom. The van der Waals surface area contributed by atoms with Gasteiger partial charge in [0.25, 0.3) is 0 Å². The zero-order chi connectivity index (χ0) is 12.4. The molecule has 0 fully saturated rings. The molecule has 4 nitrogen and oxygen atoms in total. The summed E-state index contributed by atoms with van der Waals surface area (Å²) in [6.07, 6.45) is 5.22. The maximum atomic E-state index is 5.73. The van der Waals surface area contributed by atoms with E-state index in [0.29, 0.717) is 6.61 Å². The molecular formula is C14H15N3O. The van der Waals surface area contributed by atoms with E-state index in [1.54, 1.807) is 12.4 Å². The number of hydrogen-bond donors (Lipinski definition) is 1. The number of rotatable bonds is 3. The summed E-state index contributed by atoms with van der Waals surface area (Å²) in [5.74, 6) is 1.26. The Bertz CT molecular complexity index is 530. The van der Waals surface area contributed by atoms with E-state index in [9.17, 15) is 0 Å². The van der Waals surface area contributed by atoms with Gasteiger partial charge in [0, 0.05) is 30.1 Å². The molecule has 0 saturated heterocycles. The van der Waals surface area contributed by atoms with E-state index < -0.39 is 0 Å². The summed E-state index contributed by atoms with van der Waals surface area (Å²) in [4.78, 5) is 8.52. The minimum Gasteiger partial charge on any atom is -0.493 e. The molecule has 92 valence electrons. The van der Waals surface area contributed by atoms with Crippen LogP contribution >= 0.6 is 0 Å². The Morgan fingerprint density at radius 3 is 3.00 bits per heavy atom. The Labute approximate surface area is 106 Å². The predicted octanol–water partition coefficient (Wildman–Crippen LogP) is 1.91. The second-order valence-electron chi connectivity index (χ2n) is 4.35. The second kappa shape index (κ2) is 4.74. The zero-order valence-electron chi connectivity index (χ0n) is 10.2. The van der Waals surface area contributed by atoms with Gasteiger partial charge in [-0.25, -0.2) is 0 Å². The van der Waals surface area contributed by atoms with Crippen molar-refractivity contribution in [1.82, 2.24) is 15.3 Å². The number of aromatic nitrogens is 2. The summed E-state index contributed by atoms with van der Waals surface area (Å²) >= 11 is 0. The molecule has 0 amide bonds. The quantitative estimate of drug-likeness (QED) is 0.891. The normalized spacial score (nSPS) is 19.1. The van der Waals surface area contributed by atoms with Crippen LogP contribution in [0.3, 0.4) is 0 Å². The van der Waals surface area contributed by atoms with Crippen LogP contribution in [-0.4, -0.2) is 23.6 Å². The van der Waals surface area contributed by atoms with Gasteiger partial charge in [0.1, 0.15) is 5.75 Å². The molecule has 1 aromatic heterocycles. The van der Waals surface area contributed by atoms with E-state index >= 15 is 0 Å². The van der Waals surface area contributed by atoms with Crippen LogP contribution in [-0.2, 0) is 0 Å². The highest BCUT2D eigenvalue weighted by Crippen LogP contribution is 2.40. The molecular weight excluding hydrogens is 226 g/mol. The SMILES string of the molecule is CNC(c1cnccn1)C1COc2ccccc21.